The van der Waals surface area contributed by atoms with Crippen molar-refractivity contribution in [2.75, 3.05) is 6.54 Å². The van der Waals surface area contributed by atoms with Crippen LogP contribution in [0, 0.1) is 12.8 Å². The Labute approximate surface area is 161 Å². The quantitative estimate of drug-likeness (QED) is 0.580. The molecule has 0 aliphatic heterocycles. The highest BCUT2D eigenvalue weighted by atomic mass is 19.4. The summed E-state index contributed by atoms with van der Waals surface area (Å²) < 4.78 is 36.9. The maximum absolute atomic E-state index is 12.3. The van der Waals surface area contributed by atoms with Crippen LogP contribution in [0.2, 0.25) is 0 Å². The van der Waals surface area contributed by atoms with Gasteiger partial charge in [-0.1, -0.05) is 45.4 Å². The van der Waals surface area contributed by atoms with Crippen molar-refractivity contribution in [2.24, 2.45) is 5.92 Å². The zero-order valence-electron chi connectivity index (χ0n) is 16.7. The maximum atomic E-state index is 12.3. The van der Waals surface area contributed by atoms with Gasteiger partial charge in [0.1, 0.15) is 0 Å². The second-order valence-electron chi connectivity index (χ2n) is 7.11. The van der Waals surface area contributed by atoms with Gasteiger partial charge in [-0.25, -0.2) is 0 Å². The van der Waals surface area contributed by atoms with E-state index in [1.165, 1.54) is 24.1 Å². The van der Waals surface area contributed by atoms with Gasteiger partial charge in [-0.2, -0.15) is 13.2 Å². The number of hydrogen-bond acceptors (Lipinski definition) is 2. The predicted molar refractivity (Wildman–Crippen MR) is 106 cm³/mol. The minimum Gasteiger partial charge on any atom is -0.313 e. The Morgan fingerprint density at radius 2 is 1.63 bits per heavy atom. The Morgan fingerprint density at radius 1 is 1.00 bits per heavy atom. The lowest BCUT2D eigenvalue weighted by Crippen LogP contribution is -2.16. The van der Waals surface area contributed by atoms with E-state index in [0.717, 1.165) is 42.8 Å². The molecule has 0 saturated heterocycles. The Bertz CT molecular complexity index is 632. The van der Waals surface area contributed by atoms with Crippen LogP contribution in [0.25, 0.3) is 0 Å². The van der Waals surface area contributed by atoms with Crippen molar-refractivity contribution in [1.82, 2.24) is 10.3 Å². The van der Waals surface area contributed by atoms with E-state index >= 15 is 0 Å². The average molecular weight is 380 g/mol. The van der Waals surface area contributed by atoms with Crippen molar-refractivity contribution in [3.8, 4) is 0 Å². The Morgan fingerprint density at radius 3 is 2.11 bits per heavy atom. The number of rotatable bonds is 7. The van der Waals surface area contributed by atoms with Crippen molar-refractivity contribution < 1.29 is 13.2 Å². The first-order valence-electron chi connectivity index (χ1n) is 9.50. The standard InChI is InChI=1S/C13H18F3N.C9H13N/c1-10(2)7-8-17-9-11-3-5-12(6-4-11)13(14,15)16;1-3-4-9-6-5-8(2)10-7-9/h3-6,10,17H,7-9H2,1-2H3;5-7H,3-4H2,1-2H3. The van der Waals surface area contributed by atoms with Crippen LogP contribution in [0.15, 0.2) is 42.6 Å². The van der Waals surface area contributed by atoms with Crippen LogP contribution in [0.3, 0.4) is 0 Å². The number of halogens is 3. The molecule has 2 rings (SSSR count). The fraction of sp³-hybridized carbons (Fsp3) is 0.500. The highest BCUT2D eigenvalue weighted by molar-refractivity contribution is 5.24. The molecular formula is C22H31F3N2. The molecule has 5 heteroatoms. The zero-order valence-corrected chi connectivity index (χ0v) is 16.7. The predicted octanol–water partition coefficient (Wildman–Crippen LogP) is 6.18. The second-order valence-corrected chi connectivity index (χ2v) is 7.11. The van der Waals surface area contributed by atoms with Crippen LogP contribution in [0.1, 0.15) is 56.0 Å². The van der Waals surface area contributed by atoms with Gasteiger partial charge in [0.25, 0.3) is 0 Å². The smallest absolute Gasteiger partial charge is 0.313 e. The molecule has 1 N–H and O–H groups in total. The molecule has 0 unspecified atom stereocenters. The Kier molecular flexibility index (Phi) is 10.1. The molecule has 1 aromatic heterocycles. The van der Waals surface area contributed by atoms with E-state index in [2.05, 4.69) is 43.2 Å². The van der Waals surface area contributed by atoms with Crippen molar-refractivity contribution in [2.45, 2.75) is 59.7 Å². The molecular weight excluding hydrogens is 349 g/mol. The minimum absolute atomic E-state index is 0.594. The Balaban J connectivity index is 0.000000309. The van der Waals surface area contributed by atoms with Gasteiger partial charge in [-0.15, -0.1) is 0 Å². The fourth-order valence-electron chi connectivity index (χ4n) is 2.37. The van der Waals surface area contributed by atoms with Gasteiger partial charge in [0.2, 0.25) is 0 Å². The topological polar surface area (TPSA) is 24.9 Å². The van der Waals surface area contributed by atoms with E-state index in [1.54, 1.807) is 0 Å². The second kappa shape index (κ2) is 11.8. The van der Waals surface area contributed by atoms with Crippen molar-refractivity contribution in [1.29, 1.82) is 0 Å². The molecule has 2 aromatic rings. The molecule has 0 atom stereocenters. The van der Waals surface area contributed by atoms with E-state index in [-0.39, 0.29) is 0 Å². The molecule has 0 aliphatic carbocycles. The molecule has 2 nitrogen and oxygen atoms in total. The molecule has 0 bridgehead atoms. The molecule has 0 spiro atoms. The normalized spacial score (nSPS) is 11.3. The van der Waals surface area contributed by atoms with Crippen LogP contribution in [-0.4, -0.2) is 11.5 Å². The van der Waals surface area contributed by atoms with Gasteiger partial charge in [0.15, 0.2) is 0 Å². The highest BCUT2D eigenvalue weighted by Crippen LogP contribution is 2.29. The van der Waals surface area contributed by atoms with E-state index in [1.807, 2.05) is 13.1 Å². The summed E-state index contributed by atoms with van der Waals surface area (Å²) >= 11 is 0. The molecule has 150 valence electrons. The lowest BCUT2D eigenvalue weighted by atomic mass is 10.1. The van der Waals surface area contributed by atoms with Crippen LogP contribution >= 0.6 is 0 Å². The van der Waals surface area contributed by atoms with Crippen molar-refractivity contribution >= 4 is 0 Å². The number of benzene rings is 1. The first kappa shape index (κ1) is 23.2. The maximum Gasteiger partial charge on any atom is 0.416 e. The van der Waals surface area contributed by atoms with Gasteiger partial charge in [-0.3, -0.25) is 4.98 Å². The summed E-state index contributed by atoms with van der Waals surface area (Å²) in [5.41, 5.74) is 2.72. The summed E-state index contributed by atoms with van der Waals surface area (Å²) in [4.78, 5) is 4.20. The largest absolute Gasteiger partial charge is 0.416 e. The third kappa shape index (κ3) is 10.1. The number of alkyl halides is 3. The fourth-order valence-corrected chi connectivity index (χ4v) is 2.37. The van der Waals surface area contributed by atoms with Crippen LogP contribution in [0.5, 0.6) is 0 Å². The van der Waals surface area contributed by atoms with Gasteiger partial charge >= 0.3 is 6.18 Å². The molecule has 1 aromatic carbocycles. The SMILES string of the molecule is CC(C)CCNCc1ccc(C(F)(F)F)cc1.CCCc1ccc(C)nc1. The minimum atomic E-state index is -4.25. The summed E-state index contributed by atoms with van der Waals surface area (Å²) in [5, 5.41) is 3.21. The lowest BCUT2D eigenvalue weighted by Gasteiger charge is -2.09. The van der Waals surface area contributed by atoms with Crippen LogP contribution < -0.4 is 5.32 Å². The van der Waals surface area contributed by atoms with E-state index in [9.17, 15) is 13.2 Å². The Hall–Kier alpha value is -1.88. The van der Waals surface area contributed by atoms with Gasteiger partial charge < -0.3 is 5.32 Å². The highest BCUT2D eigenvalue weighted by Gasteiger charge is 2.29. The summed E-state index contributed by atoms with van der Waals surface area (Å²) in [7, 11) is 0. The van der Waals surface area contributed by atoms with E-state index < -0.39 is 11.7 Å². The van der Waals surface area contributed by atoms with E-state index in [0.29, 0.717) is 12.5 Å². The monoisotopic (exact) mass is 380 g/mol. The summed E-state index contributed by atoms with van der Waals surface area (Å²) in [5.74, 6) is 0.634. The molecule has 0 radical (unpaired) electrons. The third-order valence-corrected chi connectivity index (χ3v) is 4.02. The van der Waals surface area contributed by atoms with E-state index in [4.69, 9.17) is 0 Å². The first-order chi connectivity index (χ1) is 12.7. The molecule has 0 amide bonds. The number of nitrogens with one attached hydrogen (secondary N) is 1. The number of hydrogen-bond donors (Lipinski definition) is 1. The van der Waals surface area contributed by atoms with Gasteiger partial charge in [0, 0.05) is 18.4 Å². The van der Waals surface area contributed by atoms with Crippen molar-refractivity contribution in [3.63, 3.8) is 0 Å². The molecule has 27 heavy (non-hydrogen) atoms. The summed E-state index contributed by atoms with van der Waals surface area (Å²) in [6, 6.07) is 9.49. The number of nitrogens with zero attached hydrogens (tertiary/aromatic N) is 1. The molecule has 0 aliphatic rings. The molecule has 0 fully saturated rings. The van der Waals surface area contributed by atoms with Crippen LogP contribution in [0.4, 0.5) is 13.2 Å². The van der Waals surface area contributed by atoms with Gasteiger partial charge in [-0.05, 0) is 61.6 Å². The molecule has 1 heterocycles. The first-order valence-corrected chi connectivity index (χ1v) is 9.50. The summed E-state index contributed by atoms with van der Waals surface area (Å²) in [6.07, 6.45) is 1.13. The molecule has 0 saturated carbocycles. The number of aryl methyl sites for hydroxylation is 2. The summed E-state index contributed by atoms with van der Waals surface area (Å²) in [6.45, 7) is 9.97. The van der Waals surface area contributed by atoms with Gasteiger partial charge in [0.05, 0.1) is 5.56 Å². The number of pyridine rings is 1. The zero-order chi connectivity index (χ0) is 20.3. The average Bonchev–Trinajstić information content (AvgIpc) is 2.61. The lowest BCUT2D eigenvalue weighted by molar-refractivity contribution is -0.137. The number of aromatic nitrogens is 1. The van der Waals surface area contributed by atoms with Crippen LogP contribution in [-0.2, 0) is 19.1 Å². The third-order valence-electron chi connectivity index (χ3n) is 4.02. The van der Waals surface area contributed by atoms with Crippen molar-refractivity contribution in [3.05, 3.63) is 65.0 Å².